The van der Waals surface area contributed by atoms with Crippen molar-refractivity contribution in [2.24, 2.45) is 5.92 Å². The molecule has 2 aromatic heterocycles. The van der Waals surface area contributed by atoms with E-state index >= 15 is 0 Å². The number of furan rings is 2. The van der Waals surface area contributed by atoms with Crippen LogP contribution in [-0.4, -0.2) is 0 Å². The van der Waals surface area contributed by atoms with E-state index < -0.39 is 0 Å². The molecule has 96 valence electrons. The summed E-state index contributed by atoms with van der Waals surface area (Å²) in [6.45, 7) is 5.72. The van der Waals surface area contributed by atoms with Gasteiger partial charge in [-0.1, -0.05) is 6.92 Å². The lowest BCUT2D eigenvalue weighted by Gasteiger charge is -2.00. The Morgan fingerprint density at radius 3 is 2.39 bits per heavy atom. The van der Waals surface area contributed by atoms with Crippen LogP contribution >= 0.6 is 0 Å². The van der Waals surface area contributed by atoms with Gasteiger partial charge in [0.15, 0.2) is 0 Å². The van der Waals surface area contributed by atoms with E-state index in [9.17, 15) is 0 Å². The molecule has 0 bridgehead atoms. The van der Waals surface area contributed by atoms with Crippen molar-refractivity contribution in [3.63, 3.8) is 0 Å². The number of rotatable bonds is 5. The summed E-state index contributed by atoms with van der Waals surface area (Å²) in [5.41, 5.74) is 0. The van der Waals surface area contributed by atoms with Gasteiger partial charge in [-0.3, -0.25) is 0 Å². The van der Waals surface area contributed by atoms with Crippen LogP contribution in [0.3, 0.4) is 0 Å². The number of hydrogen-bond acceptors (Lipinski definition) is 3. The zero-order valence-corrected chi connectivity index (χ0v) is 10.9. The first-order valence-electron chi connectivity index (χ1n) is 6.57. The van der Waals surface area contributed by atoms with Gasteiger partial charge in [0.1, 0.15) is 23.0 Å². The number of hydrogen-bond donors (Lipinski definition) is 1. The van der Waals surface area contributed by atoms with Gasteiger partial charge in [-0.25, -0.2) is 0 Å². The molecule has 1 N–H and O–H groups in total. The lowest BCUT2D eigenvalue weighted by molar-refractivity contribution is 0.424. The van der Waals surface area contributed by atoms with Crippen LogP contribution in [0.25, 0.3) is 0 Å². The van der Waals surface area contributed by atoms with Crippen molar-refractivity contribution in [3.8, 4) is 0 Å². The maximum absolute atomic E-state index is 5.83. The quantitative estimate of drug-likeness (QED) is 0.874. The Balaban J connectivity index is 1.49. The molecule has 0 unspecified atom stereocenters. The Hall–Kier alpha value is -1.48. The molecule has 18 heavy (non-hydrogen) atoms. The van der Waals surface area contributed by atoms with Crippen molar-refractivity contribution in [2.45, 2.75) is 39.3 Å². The van der Waals surface area contributed by atoms with Gasteiger partial charge in [0.2, 0.25) is 0 Å². The van der Waals surface area contributed by atoms with E-state index in [2.05, 4.69) is 24.4 Å². The van der Waals surface area contributed by atoms with Crippen molar-refractivity contribution in [3.05, 3.63) is 47.3 Å². The standard InChI is InChI=1S/C15H19NO2/c1-10-7-14(10)15-6-5-13(18-15)9-16-8-12-4-3-11(2)17-12/h3-6,10,14,16H,7-9H2,1-2H3/t10-,14+/m1/s1. The zero-order chi connectivity index (χ0) is 12.5. The molecule has 0 aliphatic heterocycles. The predicted octanol–water partition coefficient (Wildman–Crippen LogP) is 3.59. The highest BCUT2D eigenvalue weighted by Gasteiger charge is 2.36. The van der Waals surface area contributed by atoms with Gasteiger partial charge >= 0.3 is 0 Å². The maximum atomic E-state index is 5.83. The van der Waals surface area contributed by atoms with Crippen LogP contribution in [0.2, 0.25) is 0 Å². The van der Waals surface area contributed by atoms with E-state index in [0.29, 0.717) is 5.92 Å². The van der Waals surface area contributed by atoms with Crippen molar-refractivity contribution in [1.29, 1.82) is 0 Å². The zero-order valence-electron chi connectivity index (χ0n) is 10.9. The summed E-state index contributed by atoms with van der Waals surface area (Å²) < 4.78 is 11.3. The van der Waals surface area contributed by atoms with Crippen molar-refractivity contribution in [1.82, 2.24) is 5.32 Å². The average Bonchev–Trinajstić information content (AvgIpc) is 2.79. The highest BCUT2D eigenvalue weighted by atomic mass is 16.3. The summed E-state index contributed by atoms with van der Waals surface area (Å²) in [5.74, 6) is 5.53. The molecule has 2 heterocycles. The molecule has 0 saturated heterocycles. The molecular formula is C15H19NO2. The van der Waals surface area contributed by atoms with Crippen LogP contribution in [-0.2, 0) is 13.1 Å². The molecule has 0 amide bonds. The summed E-state index contributed by atoms with van der Waals surface area (Å²) in [6.07, 6.45) is 1.27. The summed E-state index contributed by atoms with van der Waals surface area (Å²) in [7, 11) is 0. The lowest BCUT2D eigenvalue weighted by atomic mass is 10.3. The molecule has 2 aromatic rings. The second kappa shape index (κ2) is 4.65. The molecule has 0 aromatic carbocycles. The van der Waals surface area contributed by atoms with Crippen LogP contribution in [0.15, 0.2) is 33.1 Å². The summed E-state index contributed by atoms with van der Waals surface area (Å²) in [4.78, 5) is 0. The predicted molar refractivity (Wildman–Crippen MR) is 69.2 cm³/mol. The second-order valence-electron chi connectivity index (χ2n) is 5.24. The maximum Gasteiger partial charge on any atom is 0.117 e. The Kier molecular flexibility index (Phi) is 3.00. The summed E-state index contributed by atoms with van der Waals surface area (Å²) >= 11 is 0. The van der Waals surface area contributed by atoms with Gasteiger partial charge in [-0.05, 0) is 43.5 Å². The summed E-state index contributed by atoms with van der Waals surface area (Å²) in [6, 6.07) is 8.17. The molecular weight excluding hydrogens is 226 g/mol. The average molecular weight is 245 g/mol. The van der Waals surface area contributed by atoms with E-state index in [1.807, 2.05) is 19.1 Å². The Labute approximate surface area is 107 Å². The Morgan fingerprint density at radius 2 is 1.78 bits per heavy atom. The first-order valence-corrected chi connectivity index (χ1v) is 6.57. The molecule has 1 aliphatic rings. The van der Waals surface area contributed by atoms with Crippen molar-refractivity contribution < 1.29 is 8.83 Å². The van der Waals surface area contributed by atoms with E-state index in [4.69, 9.17) is 8.83 Å². The smallest absolute Gasteiger partial charge is 0.117 e. The van der Waals surface area contributed by atoms with Gasteiger partial charge in [-0.15, -0.1) is 0 Å². The van der Waals surface area contributed by atoms with Gasteiger partial charge in [0.05, 0.1) is 13.1 Å². The third-order valence-corrected chi connectivity index (χ3v) is 3.55. The molecule has 1 fully saturated rings. The van der Waals surface area contributed by atoms with Crippen LogP contribution in [0, 0.1) is 12.8 Å². The van der Waals surface area contributed by atoms with Crippen LogP contribution in [0.5, 0.6) is 0 Å². The SMILES string of the molecule is Cc1ccc(CNCc2ccc([C@H]3C[C@H]3C)o2)o1. The van der Waals surface area contributed by atoms with Crippen LogP contribution in [0.1, 0.15) is 42.3 Å². The number of nitrogens with one attached hydrogen (secondary N) is 1. The molecule has 3 nitrogen and oxygen atoms in total. The van der Waals surface area contributed by atoms with Crippen molar-refractivity contribution >= 4 is 0 Å². The molecule has 0 spiro atoms. The molecule has 2 atom stereocenters. The van der Waals surface area contributed by atoms with Gasteiger partial charge < -0.3 is 14.2 Å². The first-order chi connectivity index (χ1) is 8.72. The Morgan fingerprint density at radius 1 is 1.11 bits per heavy atom. The first kappa shape index (κ1) is 11.6. The second-order valence-corrected chi connectivity index (χ2v) is 5.24. The minimum atomic E-state index is 0.659. The van der Waals surface area contributed by atoms with Crippen LogP contribution in [0.4, 0.5) is 0 Å². The molecule has 0 radical (unpaired) electrons. The minimum absolute atomic E-state index is 0.659. The van der Waals surface area contributed by atoms with E-state index in [0.717, 1.165) is 42.0 Å². The van der Waals surface area contributed by atoms with Crippen LogP contribution < -0.4 is 5.32 Å². The minimum Gasteiger partial charge on any atom is -0.465 e. The third kappa shape index (κ3) is 2.51. The van der Waals surface area contributed by atoms with E-state index in [1.54, 1.807) is 0 Å². The molecule has 3 heteroatoms. The molecule has 3 rings (SSSR count). The monoisotopic (exact) mass is 245 g/mol. The lowest BCUT2D eigenvalue weighted by Crippen LogP contribution is -2.11. The highest BCUT2D eigenvalue weighted by Crippen LogP contribution is 2.47. The van der Waals surface area contributed by atoms with E-state index in [-0.39, 0.29) is 0 Å². The van der Waals surface area contributed by atoms with Gasteiger partial charge in [0.25, 0.3) is 0 Å². The van der Waals surface area contributed by atoms with Crippen molar-refractivity contribution in [2.75, 3.05) is 0 Å². The fourth-order valence-electron chi connectivity index (χ4n) is 2.30. The fourth-order valence-corrected chi connectivity index (χ4v) is 2.30. The van der Waals surface area contributed by atoms with Gasteiger partial charge in [0, 0.05) is 5.92 Å². The third-order valence-electron chi connectivity index (χ3n) is 3.55. The topological polar surface area (TPSA) is 38.3 Å². The normalized spacial score (nSPS) is 22.3. The van der Waals surface area contributed by atoms with Gasteiger partial charge in [-0.2, -0.15) is 0 Å². The number of aryl methyl sites for hydroxylation is 1. The molecule has 1 aliphatic carbocycles. The largest absolute Gasteiger partial charge is 0.465 e. The summed E-state index contributed by atoms with van der Waals surface area (Å²) in [5, 5.41) is 3.33. The highest BCUT2D eigenvalue weighted by molar-refractivity contribution is 5.17. The van der Waals surface area contributed by atoms with E-state index in [1.165, 1.54) is 6.42 Å². The molecule has 1 saturated carbocycles. The fraction of sp³-hybridized carbons (Fsp3) is 0.467. The Bertz CT molecular complexity index is 526.